The normalized spacial score (nSPS) is 12.0. The molecule has 0 saturated carbocycles. The second-order valence-electron chi connectivity index (χ2n) is 14.7. The Bertz CT molecular complexity index is 476. The Morgan fingerprint density at radius 1 is 0.286 bits per heavy atom. The lowest BCUT2D eigenvalue weighted by atomic mass is 10.0. The van der Waals surface area contributed by atoms with Gasteiger partial charge in [-0.15, -0.1) is 0 Å². The Kier molecular flexibility index (Phi) is 35.8. The molecule has 0 aliphatic carbocycles. The number of hydrogen-bond donors (Lipinski definition) is 0. The lowest BCUT2D eigenvalue weighted by Crippen LogP contribution is -2.30. The molecule has 0 rings (SSSR count). The van der Waals surface area contributed by atoms with Crippen molar-refractivity contribution in [2.75, 3.05) is 6.61 Å². The average molecular weight is 609 g/mol. The summed E-state index contributed by atoms with van der Waals surface area (Å²) in [6.07, 6.45) is 49.3. The minimum Gasteiger partial charge on any atom is -0.417 e. The molecular formula is C40H84OSi. The molecule has 0 N–H and O–H groups in total. The van der Waals surface area contributed by atoms with Crippen molar-refractivity contribution >= 4 is 8.32 Å². The molecule has 0 atom stereocenters. The van der Waals surface area contributed by atoms with Crippen LogP contribution in [-0.2, 0) is 4.43 Å². The van der Waals surface area contributed by atoms with Gasteiger partial charge in [0.15, 0.2) is 8.32 Å². The van der Waals surface area contributed by atoms with E-state index in [0.29, 0.717) is 0 Å². The van der Waals surface area contributed by atoms with Crippen molar-refractivity contribution in [1.29, 1.82) is 0 Å². The Hall–Kier alpha value is 0.177. The van der Waals surface area contributed by atoms with E-state index in [4.69, 9.17) is 4.43 Å². The molecule has 0 saturated heterocycles. The fourth-order valence-electron chi connectivity index (χ4n) is 6.52. The van der Waals surface area contributed by atoms with E-state index in [1.54, 1.807) is 0 Å². The molecule has 254 valence electrons. The third-order valence-electron chi connectivity index (χ3n) is 9.62. The van der Waals surface area contributed by atoms with Crippen LogP contribution in [0.25, 0.3) is 0 Å². The summed E-state index contributed by atoms with van der Waals surface area (Å²) in [5, 5.41) is 0. The standard InChI is InChI=1S/C40H84OSi/c1-5-7-9-11-13-15-17-19-21-22-23-24-25-26-28-30-32-34-36-38-40-42(3,4)41-39-37-35-33-31-29-27-20-18-16-14-12-10-8-6-2/h5-40H2,1-4H3. The fourth-order valence-corrected chi connectivity index (χ4v) is 8.47. The van der Waals surface area contributed by atoms with E-state index in [1.165, 1.54) is 224 Å². The van der Waals surface area contributed by atoms with Crippen molar-refractivity contribution < 1.29 is 4.43 Å². The highest BCUT2D eigenvalue weighted by Gasteiger charge is 2.21. The molecule has 0 amide bonds. The molecule has 42 heavy (non-hydrogen) atoms. The van der Waals surface area contributed by atoms with Crippen LogP contribution < -0.4 is 0 Å². The van der Waals surface area contributed by atoms with Crippen LogP contribution in [0.2, 0.25) is 19.1 Å². The molecule has 0 unspecified atom stereocenters. The van der Waals surface area contributed by atoms with Crippen molar-refractivity contribution in [3.8, 4) is 0 Å². The maximum atomic E-state index is 6.42. The van der Waals surface area contributed by atoms with Crippen LogP contribution in [-0.4, -0.2) is 14.9 Å². The van der Waals surface area contributed by atoms with E-state index in [0.717, 1.165) is 6.61 Å². The van der Waals surface area contributed by atoms with Gasteiger partial charge in [-0.3, -0.25) is 0 Å². The Labute approximate surface area is 270 Å². The lowest BCUT2D eigenvalue weighted by Gasteiger charge is -2.23. The van der Waals surface area contributed by atoms with E-state index in [2.05, 4.69) is 26.9 Å². The second-order valence-corrected chi connectivity index (χ2v) is 19.0. The molecule has 0 aliphatic rings. The zero-order valence-electron chi connectivity index (χ0n) is 30.4. The van der Waals surface area contributed by atoms with Gasteiger partial charge in [-0.05, 0) is 25.6 Å². The Morgan fingerprint density at radius 2 is 0.500 bits per heavy atom. The van der Waals surface area contributed by atoms with Crippen molar-refractivity contribution in [2.24, 2.45) is 0 Å². The molecule has 0 aromatic heterocycles. The minimum absolute atomic E-state index is 1.02. The first-order valence-corrected chi connectivity index (χ1v) is 23.4. The maximum Gasteiger partial charge on any atom is 0.186 e. The summed E-state index contributed by atoms with van der Waals surface area (Å²) in [7, 11) is -1.42. The quantitative estimate of drug-likeness (QED) is 0.0503. The van der Waals surface area contributed by atoms with E-state index in [-0.39, 0.29) is 0 Å². The molecule has 1 nitrogen and oxygen atoms in total. The number of rotatable bonds is 37. The predicted octanol–water partition coefficient (Wildman–Crippen LogP) is 15.5. The molecule has 2 heteroatoms. The third kappa shape index (κ3) is 36.4. The van der Waals surface area contributed by atoms with Crippen LogP contribution >= 0.6 is 0 Å². The molecule has 0 spiro atoms. The SMILES string of the molecule is CCCCCCCCCCCCCCCCCCCCCC[Si](C)(C)OCCCCCCCCCCCCCCCC. The van der Waals surface area contributed by atoms with Crippen molar-refractivity contribution in [3.05, 3.63) is 0 Å². The predicted molar refractivity (Wildman–Crippen MR) is 197 cm³/mol. The van der Waals surface area contributed by atoms with Gasteiger partial charge < -0.3 is 4.43 Å². The first-order chi connectivity index (χ1) is 20.6. The molecular weight excluding hydrogens is 525 g/mol. The average Bonchev–Trinajstić information content (AvgIpc) is 2.98. The first-order valence-electron chi connectivity index (χ1n) is 20.3. The topological polar surface area (TPSA) is 9.23 Å². The van der Waals surface area contributed by atoms with Crippen molar-refractivity contribution in [1.82, 2.24) is 0 Å². The summed E-state index contributed by atoms with van der Waals surface area (Å²) in [4.78, 5) is 0. The van der Waals surface area contributed by atoms with Crippen LogP contribution in [0, 0.1) is 0 Å². The van der Waals surface area contributed by atoms with E-state index >= 15 is 0 Å². The summed E-state index contributed by atoms with van der Waals surface area (Å²) in [5.41, 5.74) is 0. The summed E-state index contributed by atoms with van der Waals surface area (Å²) in [5.74, 6) is 0. The molecule has 0 bridgehead atoms. The smallest absolute Gasteiger partial charge is 0.186 e. The highest BCUT2D eigenvalue weighted by molar-refractivity contribution is 6.71. The molecule has 0 aliphatic heterocycles. The lowest BCUT2D eigenvalue weighted by molar-refractivity contribution is 0.292. The van der Waals surface area contributed by atoms with E-state index in [1.807, 2.05) is 0 Å². The minimum atomic E-state index is -1.42. The van der Waals surface area contributed by atoms with Crippen molar-refractivity contribution in [3.63, 3.8) is 0 Å². The summed E-state index contributed by atoms with van der Waals surface area (Å²) in [6, 6.07) is 1.37. The highest BCUT2D eigenvalue weighted by atomic mass is 28.4. The molecule has 0 aromatic carbocycles. The Morgan fingerprint density at radius 3 is 0.762 bits per heavy atom. The van der Waals surface area contributed by atoms with Crippen molar-refractivity contribution in [2.45, 2.75) is 251 Å². The monoisotopic (exact) mass is 609 g/mol. The summed E-state index contributed by atoms with van der Waals surface area (Å²) in [6.45, 7) is 10.5. The summed E-state index contributed by atoms with van der Waals surface area (Å²) >= 11 is 0. The fraction of sp³-hybridized carbons (Fsp3) is 1.00. The zero-order valence-corrected chi connectivity index (χ0v) is 31.4. The molecule has 0 aromatic rings. The molecule has 0 heterocycles. The zero-order chi connectivity index (χ0) is 30.7. The second kappa shape index (κ2) is 35.7. The number of unbranched alkanes of at least 4 members (excludes halogenated alkanes) is 32. The van der Waals surface area contributed by atoms with Crippen LogP contribution in [0.15, 0.2) is 0 Å². The van der Waals surface area contributed by atoms with Crippen LogP contribution in [0.3, 0.4) is 0 Å². The largest absolute Gasteiger partial charge is 0.417 e. The van der Waals surface area contributed by atoms with Crippen LogP contribution in [0.4, 0.5) is 0 Å². The third-order valence-corrected chi connectivity index (χ3v) is 12.2. The summed E-state index contributed by atoms with van der Waals surface area (Å²) < 4.78 is 6.42. The van der Waals surface area contributed by atoms with Gasteiger partial charge >= 0.3 is 0 Å². The van der Waals surface area contributed by atoms with E-state index < -0.39 is 8.32 Å². The van der Waals surface area contributed by atoms with Gasteiger partial charge in [-0.1, -0.05) is 226 Å². The Balaban J connectivity index is 3.25. The first kappa shape index (κ1) is 42.2. The molecule has 0 radical (unpaired) electrons. The van der Waals surface area contributed by atoms with Gasteiger partial charge in [-0.25, -0.2) is 0 Å². The van der Waals surface area contributed by atoms with Gasteiger partial charge in [0.25, 0.3) is 0 Å². The van der Waals surface area contributed by atoms with Gasteiger partial charge in [0.05, 0.1) is 0 Å². The number of hydrogen-bond acceptors (Lipinski definition) is 1. The highest BCUT2D eigenvalue weighted by Crippen LogP contribution is 2.20. The van der Waals surface area contributed by atoms with Gasteiger partial charge in [0, 0.05) is 6.61 Å². The van der Waals surface area contributed by atoms with Crippen LogP contribution in [0.1, 0.15) is 232 Å². The van der Waals surface area contributed by atoms with Gasteiger partial charge in [0.2, 0.25) is 0 Å². The van der Waals surface area contributed by atoms with Gasteiger partial charge in [0.1, 0.15) is 0 Å². The molecule has 0 fully saturated rings. The van der Waals surface area contributed by atoms with Crippen LogP contribution in [0.5, 0.6) is 0 Å². The van der Waals surface area contributed by atoms with E-state index in [9.17, 15) is 0 Å². The maximum absolute atomic E-state index is 6.42. The van der Waals surface area contributed by atoms with Gasteiger partial charge in [-0.2, -0.15) is 0 Å².